The lowest BCUT2D eigenvalue weighted by atomic mass is 9.71. The quantitative estimate of drug-likeness (QED) is 0.780. The number of hydrogen-bond acceptors (Lipinski definition) is 2. The number of carbonyl (C=O) groups excluding carboxylic acids is 1. The van der Waals surface area contributed by atoms with Gasteiger partial charge in [0.25, 0.3) is 0 Å². The van der Waals surface area contributed by atoms with Crippen LogP contribution in [0.15, 0.2) is 0 Å². The van der Waals surface area contributed by atoms with Crippen LogP contribution in [0.25, 0.3) is 0 Å². The summed E-state index contributed by atoms with van der Waals surface area (Å²) in [6.45, 7) is 6.21. The van der Waals surface area contributed by atoms with Crippen molar-refractivity contribution in [2.75, 3.05) is 0 Å². The molecule has 0 radical (unpaired) electrons. The van der Waals surface area contributed by atoms with Gasteiger partial charge < -0.3 is 5.73 Å². The summed E-state index contributed by atoms with van der Waals surface area (Å²) < 4.78 is 0. The van der Waals surface area contributed by atoms with Crippen LogP contribution in [0.1, 0.15) is 65.7 Å². The average molecular weight is 225 g/mol. The molecule has 16 heavy (non-hydrogen) atoms. The van der Waals surface area contributed by atoms with Crippen molar-refractivity contribution in [1.29, 1.82) is 0 Å². The minimum absolute atomic E-state index is 0.236. The second-order valence-electron chi connectivity index (χ2n) is 5.59. The standard InChI is InChI=1S/C14H27NO/c1-4-10-14(3,15)13(16)12-9-7-6-8-11(12)5-2/h11-12H,4-10,15H2,1-3H3. The highest BCUT2D eigenvalue weighted by molar-refractivity contribution is 5.90. The number of ketones is 1. The molecule has 1 rings (SSSR count). The molecule has 0 spiro atoms. The molecular formula is C14H27NO. The molecule has 2 heteroatoms. The Balaban J connectivity index is 2.70. The first-order valence-electron chi connectivity index (χ1n) is 6.86. The zero-order valence-electron chi connectivity index (χ0n) is 11.1. The monoisotopic (exact) mass is 225 g/mol. The van der Waals surface area contributed by atoms with Crippen molar-refractivity contribution in [2.24, 2.45) is 17.6 Å². The van der Waals surface area contributed by atoms with Crippen LogP contribution < -0.4 is 5.73 Å². The van der Waals surface area contributed by atoms with Gasteiger partial charge in [0.05, 0.1) is 5.54 Å². The molecule has 2 nitrogen and oxygen atoms in total. The molecule has 1 aliphatic rings. The van der Waals surface area contributed by atoms with Gasteiger partial charge in [0.1, 0.15) is 0 Å². The fourth-order valence-electron chi connectivity index (χ4n) is 3.11. The van der Waals surface area contributed by atoms with Gasteiger partial charge in [0, 0.05) is 5.92 Å². The van der Waals surface area contributed by atoms with E-state index >= 15 is 0 Å². The summed E-state index contributed by atoms with van der Waals surface area (Å²) in [4.78, 5) is 12.5. The van der Waals surface area contributed by atoms with E-state index in [4.69, 9.17) is 5.73 Å². The zero-order valence-corrected chi connectivity index (χ0v) is 11.1. The van der Waals surface area contributed by atoms with E-state index in [2.05, 4.69) is 13.8 Å². The van der Waals surface area contributed by atoms with Crippen LogP contribution in [0.2, 0.25) is 0 Å². The van der Waals surface area contributed by atoms with Crippen molar-refractivity contribution < 1.29 is 4.79 Å². The van der Waals surface area contributed by atoms with Crippen LogP contribution in [-0.2, 0) is 4.79 Å². The smallest absolute Gasteiger partial charge is 0.155 e. The van der Waals surface area contributed by atoms with Crippen molar-refractivity contribution in [3.05, 3.63) is 0 Å². The molecule has 3 atom stereocenters. The Morgan fingerprint density at radius 3 is 2.50 bits per heavy atom. The first-order chi connectivity index (χ1) is 7.53. The molecule has 1 fully saturated rings. The fraction of sp³-hybridized carbons (Fsp3) is 0.929. The normalized spacial score (nSPS) is 29.8. The van der Waals surface area contributed by atoms with Gasteiger partial charge in [0.15, 0.2) is 5.78 Å². The van der Waals surface area contributed by atoms with E-state index in [-0.39, 0.29) is 5.92 Å². The third-order valence-electron chi connectivity index (χ3n) is 4.10. The third kappa shape index (κ3) is 3.07. The highest BCUT2D eigenvalue weighted by atomic mass is 16.1. The number of nitrogens with two attached hydrogens (primary N) is 1. The van der Waals surface area contributed by atoms with Crippen molar-refractivity contribution in [3.8, 4) is 0 Å². The third-order valence-corrected chi connectivity index (χ3v) is 4.10. The first kappa shape index (κ1) is 13.7. The van der Waals surface area contributed by atoms with Crippen molar-refractivity contribution in [3.63, 3.8) is 0 Å². The first-order valence-corrected chi connectivity index (χ1v) is 6.86. The maximum absolute atomic E-state index is 12.5. The lowest BCUT2D eigenvalue weighted by Gasteiger charge is -2.35. The maximum atomic E-state index is 12.5. The molecule has 3 unspecified atom stereocenters. The Morgan fingerprint density at radius 2 is 1.94 bits per heavy atom. The van der Waals surface area contributed by atoms with Crippen LogP contribution in [0.5, 0.6) is 0 Å². The van der Waals surface area contributed by atoms with Gasteiger partial charge in [-0.3, -0.25) is 4.79 Å². The van der Waals surface area contributed by atoms with Crippen molar-refractivity contribution in [1.82, 2.24) is 0 Å². The minimum Gasteiger partial charge on any atom is -0.319 e. The molecule has 0 aromatic rings. The van der Waals surface area contributed by atoms with Gasteiger partial charge in [-0.05, 0) is 32.1 Å². The highest BCUT2D eigenvalue weighted by Crippen LogP contribution is 2.35. The lowest BCUT2D eigenvalue weighted by Crippen LogP contribution is -2.50. The summed E-state index contributed by atoms with van der Waals surface area (Å²) in [5.74, 6) is 1.14. The minimum atomic E-state index is -0.593. The Bertz CT molecular complexity index is 235. The van der Waals surface area contributed by atoms with Crippen LogP contribution in [-0.4, -0.2) is 11.3 Å². The van der Waals surface area contributed by atoms with Gasteiger partial charge in [-0.15, -0.1) is 0 Å². The Labute approximate surface area is 100.0 Å². The summed E-state index contributed by atoms with van der Waals surface area (Å²) in [6.07, 6.45) is 7.70. The largest absolute Gasteiger partial charge is 0.319 e. The molecule has 2 N–H and O–H groups in total. The second kappa shape index (κ2) is 5.81. The van der Waals surface area contributed by atoms with E-state index in [0.29, 0.717) is 11.7 Å². The van der Waals surface area contributed by atoms with E-state index in [1.165, 1.54) is 19.3 Å². The van der Waals surface area contributed by atoms with Crippen LogP contribution in [0.3, 0.4) is 0 Å². The van der Waals surface area contributed by atoms with Gasteiger partial charge in [-0.2, -0.15) is 0 Å². The molecule has 0 amide bonds. The van der Waals surface area contributed by atoms with Gasteiger partial charge in [0.2, 0.25) is 0 Å². The van der Waals surface area contributed by atoms with Gasteiger partial charge in [-0.1, -0.05) is 39.5 Å². The summed E-state index contributed by atoms with van der Waals surface area (Å²) in [7, 11) is 0. The van der Waals surface area contributed by atoms with Crippen molar-refractivity contribution in [2.45, 2.75) is 71.3 Å². The van der Waals surface area contributed by atoms with Gasteiger partial charge in [-0.25, -0.2) is 0 Å². The number of carbonyl (C=O) groups is 1. The molecule has 0 aromatic heterocycles. The molecule has 94 valence electrons. The maximum Gasteiger partial charge on any atom is 0.155 e. The fourth-order valence-corrected chi connectivity index (χ4v) is 3.11. The second-order valence-corrected chi connectivity index (χ2v) is 5.59. The summed E-state index contributed by atoms with van der Waals surface area (Å²) in [5.41, 5.74) is 5.58. The SMILES string of the molecule is CCCC(C)(N)C(=O)C1CCCCC1CC. The zero-order chi connectivity index (χ0) is 12.2. The summed E-state index contributed by atoms with van der Waals surface area (Å²) in [5, 5.41) is 0. The Morgan fingerprint density at radius 1 is 1.31 bits per heavy atom. The molecule has 0 aliphatic heterocycles. The predicted molar refractivity (Wildman–Crippen MR) is 68.2 cm³/mol. The summed E-state index contributed by atoms with van der Waals surface area (Å²) >= 11 is 0. The highest BCUT2D eigenvalue weighted by Gasteiger charge is 2.37. The lowest BCUT2D eigenvalue weighted by molar-refractivity contribution is -0.130. The predicted octanol–water partition coefficient (Wildman–Crippen LogP) is 3.29. The number of rotatable bonds is 5. The molecule has 1 saturated carbocycles. The Kier molecular flexibility index (Phi) is 4.97. The summed E-state index contributed by atoms with van der Waals surface area (Å²) in [6, 6.07) is 0. The van der Waals surface area contributed by atoms with Crippen LogP contribution >= 0.6 is 0 Å². The molecular weight excluding hydrogens is 198 g/mol. The van der Waals surface area contributed by atoms with E-state index < -0.39 is 5.54 Å². The molecule has 1 aliphatic carbocycles. The van der Waals surface area contributed by atoms with Crippen LogP contribution in [0.4, 0.5) is 0 Å². The van der Waals surface area contributed by atoms with Crippen LogP contribution in [0, 0.1) is 11.8 Å². The molecule has 0 aromatic carbocycles. The topological polar surface area (TPSA) is 43.1 Å². The Hall–Kier alpha value is -0.370. The van der Waals surface area contributed by atoms with Crippen molar-refractivity contribution >= 4 is 5.78 Å². The molecule has 0 heterocycles. The van der Waals surface area contributed by atoms with E-state index in [0.717, 1.165) is 25.7 Å². The van der Waals surface area contributed by atoms with Gasteiger partial charge >= 0.3 is 0 Å². The average Bonchev–Trinajstić information content (AvgIpc) is 2.28. The number of Topliss-reactive ketones (excluding diaryl/α,β-unsaturated/α-hetero) is 1. The number of hydrogen-bond donors (Lipinski definition) is 1. The van der Waals surface area contributed by atoms with E-state index in [9.17, 15) is 4.79 Å². The molecule has 0 bridgehead atoms. The van der Waals surface area contributed by atoms with E-state index in [1.54, 1.807) is 0 Å². The molecule has 0 saturated heterocycles. The van der Waals surface area contributed by atoms with E-state index in [1.807, 2.05) is 6.92 Å².